The molecule has 0 bridgehead atoms. The molecule has 1 fully saturated rings. The van der Waals surface area contributed by atoms with Crippen LogP contribution in [0.3, 0.4) is 0 Å². The fourth-order valence-corrected chi connectivity index (χ4v) is 4.97. The number of allylic oxidation sites excluding steroid dienone is 1. The normalized spacial score (nSPS) is 23.8. The highest BCUT2D eigenvalue weighted by molar-refractivity contribution is 6.09. The van der Waals surface area contributed by atoms with Crippen LogP contribution >= 0.6 is 0 Å². The highest BCUT2D eigenvalue weighted by Gasteiger charge is 2.39. The molecule has 0 spiro atoms. The van der Waals surface area contributed by atoms with Crippen molar-refractivity contribution in [1.82, 2.24) is 0 Å². The Labute approximate surface area is 168 Å². The summed E-state index contributed by atoms with van der Waals surface area (Å²) in [4.78, 5) is 13.1. The lowest BCUT2D eigenvalue weighted by Crippen LogP contribution is -2.36. The van der Waals surface area contributed by atoms with Crippen LogP contribution in [0.25, 0.3) is 0 Å². The summed E-state index contributed by atoms with van der Waals surface area (Å²) in [7, 11) is 0. The first-order valence-corrected chi connectivity index (χ1v) is 10.5. The Hall–Kier alpha value is -2.19. The summed E-state index contributed by atoms with van der Waals surface area (Å²) >= 11 is 0. The van der Waals surface area contributed by atoms with Crippen LogP contribution in [0, 0.1) is 5.92 Å². The van der Waals surface area contributed by atoms with Gasteiger partial charge in [0.1, 0.15) is 0 Å². The molecular formula is C26H30O2. The van der Waals surface area contributed by atoms with E-state index < -0.39 is 0 Å². The molecule has 28 heavy (non-hydrogen) atoms. The number of carbonyl (C=O) groups is 1. The van der Waals surface area contributed by atoms with Crippen molar-refractivity contribution in [3.05, 3.63) is 81.9 Å². The zero-order chi connectivity index (χ0) is 19.9. The van der Waals surface area contributed by atoms with Crippen molar-refractivity contribution < 1.29 is 9.90 Å². The third-order valence-electron chi connectivity index (χ3n) is 6.51. The Balaban J connectivity index is 1.64. The summed E-state index contributed by atoms with van der Waals surface area (Å²) in [5.74, 6) is 0.678. The van der Waals surface area contributed by atoms with Gasteiger partial charge in [0.2, 0.25) is 0 Å². The molecule has 0 aromatic heterocycles. The minimum Gasteiger partial charge on any atom is -0.393 e. The van der Waals surface area contributed by atoms with Crippen molar-refractivity contribution in [3.8, 4) is 0 Å². The Morgan fingerprint density at radius 3 is 2.75 bits per heavy atom. The highest BCUT2D eigenvalue weighted by atomic mass is 16.3. The van der Waals surface area contributed by atoms with Gasteiger partial charge in [0.05, 0.1) is 6.10 Å². The highest BCUT2D eigenvalue weighted by Crippen LogP contribution is 2.47. The van der Waals surface area contributed by atoms with E-state index in [4.69, 9.17) is 0 Å². The number of rotatable bonds is 4. The van der Waals surface area contributed by atoms with Gasteiger partial charge in [-0.25, -0.2) is 0 Å². The Bertz CT molecular complexity index is 937. The fraction of sp³-hybridized carbons (Fsp3) is 0.423. The smallest absolute Gasteiger partial charge is 0.193 e. The van der Waals surface area contributed by atoms with Gasteiger partial charge in [-0.1, -0.05) is 62.8 Å². The zero-order valence-corrected chi connectivity index (χ0v) is 17.2. The van der Waals surface area contributed by atoms with E-state index in [1.165, 1.54) is 22.3 Å². The van der Waals surface area contributed by atoms with Gasteiger partial charge in [-0.15, -0.1) is 0 Å². The van der Waals surface area contributed by atoms with E-state index in [1.54, 1.807) is 0 Å². The van der Waals surface area contributed by atoms with Crippen molar-refractivity contribution in [2.45, 2.75) is 64.4 Å². The molecule has 4 rings (SSSR count). The van der Waals surface area contributed by atoms with Gasteiger partial charge in [-0.3, -0.25) is 4.79 Å². The second-order valence-electron chi connectivity index (χ2n) is 9.16. The van der Waals surface area contributed by atoms with E-state index in [-0.39, 0.29) is 17.3 Å². The maximum Gasteiger partial charge on any atom is 0.193 e. The predicted molar refractivity (Wildman–Crippen MR) is 114 cm³/mol. The molecule has 0 unspecified atom stereocenters. The minimum atomic E-state index is -0.208. The number of carbonyl (C=O) groups excluding carboxylic acids is 1. The van der Waals surface area contributed by atoms with Gasteiger partial charge >= 0.3 is 0 Å². The first-order chi connectivity index (χ1) is 13.4. The molecule has 2 aromatic carbocycles. The molecule has 0 radical (unpaired) electrons. The van der Waals surface area contributed by atoms with Crippen LogP contribution in [0.1, 0.15) is 72.6 Å². The number of hydrogen-bond acceptors (Lipinski definition) is 2. The molecule has 2 nitrogen and oxygen atoms in total. The van der Waals surface area contributed by atoms with Gasteiger partial charge in [0, 0.05) is 16.5 Å². The van der Waals surface area contributed by atoms with Crippen LogP contribution in [0.2, 0.25) is 0 Å². The van der Waals surface area contributed by atoms with Crippen LogP contribution in [0.4, 0.5) is 0 Å². The number of ketones is 1. The van der Waals surface area contributed by atoms with E-state index in [0.717, 1.165) is 43.2 Å². The summed E-state index contributed by atoms with van der Waals surface area (Å²) < 4.78 is 0. The van der Waals surface area contributed by atoms with Gasteiger partial charge < -0.3 is 5.11 Å². The van der Waals surface area contributed by atoms with E-state index in [1.807, 2.05) is 24.3 Å². The molecule has 146 valence electrons. The van der Waals surface area contributed by atoms with Crippen molar-refractivity contribution in [3.63, 3.8) is 0 Å². The number of aliphatic hydroxyl groups excluding tert-OH is 1. The molecule has 2 heteroatoms. The molecule has 2 aliphatic rings. The molecular weight excluding hydrogens is 344 g/mol. The van der Waals surface area contributed by atoms with E-state index >= 15 is 0 Å². The Kier molecular flexibility index (Phi) is 5.01. The second kappa shape index (κ2) is 7.33. The summed E-state index contributed by atoms with van der Waals surface area (Å²) in [5.41, 5.74) is 6.73. The SMILES string of the molecule is CC(C)Cc1cccc(C(=O)c2ccc3c(c2)CC=C2C[C@@H](O)CC[C@@]23C)c1. The molecule has 2 aromatic rings. The molecule has 2 atom stereocenters. The second-order valence-corrected chi connectivity index (χ2v) is 9.16. The molecule has 1 saturated carbocycles. The fourth-order valence-electron chi connectivity index (χ4n) is 4.97. The zero-order valence-electron chi connectivity index (χ0n) is 17.2. The lowest BCUT2D eigenvalue weighted by atomic mass is 9.62. The lowest BCUT2D eigenvalue weighted by Gasteiger charge is -2.42. The Morgan fingerprint density at radius 1 is 1.18 bits per heavy atom. The quantitative estimate of drug-likeness (QED) is 0.574. The third-order valence-corrected chi connectivity index (χ3v) is 6.51. The molecule has 2 aliphatic carbocycles. The van der Waals surface area contributed by atoms with Gasteiger partial charge in [0.25, 0.3) is 0 Å². The van der Waals surface area contributed by atoms with E-state index in [9.17, 15) is 9.90 Å². The van der Waals surface area contributed by atoms with Crippen LogP contribution in [-0.4, -0.2) is 17.0 Å². The summed E-state index contributed by atoms with van der Waals surface area (Å²) in [6.07, 6.45) is 6.50. The lowest BCUT2D eigenvalue weighted by molar-refractivity contribution is 0.103. The Morgan fingerprint density at radius 2 is 1.96 bits per heavy atom. The third kappa shape index (κ3) is 3.46. The number of benzene rings is 2. The van der Waals surface area contributed by atoms with Crippen molar-refractivity contribution in [2.75, 3.05) is 0 Å². The van der Waals surface area contributed by atoms with E-state index in [0.29, 0.717) is 5.92 Å². The van der Waals surface area contributed by atoms with Crippen molar-refractivity contribution in [2.24, 2.45) is 5.92 Å². The first-order valence-electron chi connectivity index (χ1n) is 10.5. The summed E-state index contributed by atoms with van der Waals surface area (Å²) in [6, 6.07) is 14.3. The van der Waals surface area contributed by atoms with E-state index in [2.05, 4.69) is 45.0 Å². The van der Waals surface area contributed by atoms with Crippen LogP contribution < -0.4 is 0 Å². The van der Waals surface area contributed by atoms with Crippen LogP contribution in [-0.2, 0) is 18.3 Å². The van der Waals surface area contributed by atoms with Crippen molar-refractivity contribution in [1.29, 1.82) is 0 Å². The molecule has 0 aliphatic heterocycles. The summed E-state index contributed by atoms with van der Waals surface area (Å²) in [6.45, 7) is 6.69. The minimum absolute atomic E-state index is 0.00553. The average Bonchev–Trinajstić information content (AvgIpc) is 2.67. The topological polar surface area (TPSA) is 37.3 Å². The molecule has 0 heterocycles. The molecule has 0 saturated heterocycles. The van der Waals surface area contributed by atoms with Gasteiger partial charge in [-0.05, 0) is 66.8 Å². The number of hydrogen-bond donors (Lipinski definition) is 1. The van der Waals surface area contributed by atoms with Crippen LogP contribution in [0.15, 0.2) is 54.1 Å². The molecule has 0 amide bonds. The number of fused-ring (bicyclic) bond motifs is 3. The number of aliphatic hydroxyl groups is 1. The van der Waals surface area contributed by atoms with Gasteiger partial charge in [-0.2, -0.15) is 0 Å². The monoisotopic (exact) mass is 374 g/mol. The van der Waals surface area contributed by atoms with Gasteiger partial charge in [0.15, 0.2) is 5.78 Å². The maximum atomic E-state index is 13.1. The average molecular weight is 375 g/mol. The first kappa shape index (κ1) is 19.1. The van der Waals surface area contributed by atoms with Crippen LogP contribution in [0.5, 0.6) is 0 Å². The maximum absolute atomic E-state index is 13.1. The molecule has 1 N–H and O–H groups in total. The largest absolute Gasteiger partial charge is 0.393 e. The standard InChI is InChI=1S/C26H30O2/c1-17(2)13-18-5-4-6-20(14-18)25(28)21-8-10-24-19(15-21)7-9-22-16-23(27)11-12-26(22,24)3/h4-6,8-10,14-15,17,23,27H,7,11-13,16H2,1-3H3/t23-,26-/m0/s1. The summed E-state index contributed by atoms with van der Waals surface area (Å²) in [5, 5.41) is 10.0. The predicted octanol–water partition coefficient (Wildman–Crippen LogP) is 5.40. The van der Waals surface area contributed by atoms with Crippen molar-refractivity contribution >= 4 is 5.78 Å².